The number of nitrogens with two attached hydrogens (primary N) is 1. The standard InChI is InChI=1S/C11H14FNO/c1-7-5-8(14)6-9(10(7)12)11(13)3-2-4-11/h5-6,14H,2-4,13H2,1H3. The number of hydrogen-bond donors (Lipinski definition) is 2. The third kappa shape index (κ3) is 1.28. The van der Waals surface area contributed by atoms with Gasteiger partial charge in [0.1, 0.15) is 11.6 Å². The van der Waals surface area contributed by atoms with E-state index >= 15 is 0 Å². The molecule has 76 valence electrons. The second kappa shape index (κ2) is 2.95. The van der Waals surface area contributed by atoms with Crippen LogP contribution in [-0.2, 0) is 5.54 Å². The maximum absolute atomic E-state index is 13.7. The van der Waals surface area contributed by atoms with Crippen LogP contribution in [0.2, 0.25) is 0 Å². The fraction of sp³-hybridized carbons (Fsp3) is 0.455. The number of aromatic hydroxyl groups is 1. The SMILES string of the molecule is Cc1cc(O)cc(C2(N)CCC2)c1F. The van der Waals surface area contributed by atoms with Crippen LogP contribution in [-0.4, -0.2) is 5.11 Å². The van der Waals surface area contributed by atoms with E-state index in [9.17, 15) is 9.50 Å². The number of halogens is 1. The average molecular weight is 195 g/mol. The fourth-order valence-electron chi connectivity index (χ4n) is 1.94. The monoisotopic (exact) mass is 195 g/mol. The fourth-order valence-corrected chi connectivity index (χ4v) is 1.94. The lowest BCUT2D eigenvalue weighted by molar-refractivity contribution is 0.244. The summed E-state index contributed by atoms with van der Waals surface area (Å²) in [6.07, 6.45) is 2.63. The first-order chi connectivity index (χ1) is 6.53. The van der Waals surface area contributed by atoms with E-state index in [1.165, 1.54) is 12.1 Å². The Hall–Kier alpha value is -1.09. The maximum atomic E-state index is 13.7. The highest BCUT2D eigenvalue weighted by molar-refractivity contribution is 5.39. The quantitative estimate of drug-likeness (QED) is 0.721. The molecule has 0 saturated heterocycles. The molecule has 1 aliphatic carbocycles. The molecule has 1 aromatic rings. The van der Waals surface area contributed by atoms with Gasteiger partial charge in [-0.1, -0.05) is 0 Å². The van der Waals surface area contributed by atoms with Crippen molar-refractivity contribution in [3.05, 3.63) is 29.1 Å². The second-order valence-electron chi connectivity index (χ2n) is 4.13. The lowest BCUT2D eigenvalue weighted by Crippen LogP contribution is -2.44. The molecule has 0 unspecified atom stereocenters. The van der Waals surface area contributed by atoms with Crippen molar-refractivity contribution < 1.29 is 9.50 Å². The normalized spacial score (nSPS) is 19.1. The summed E-state index contributed by atoms with van der Waals surface area (Å²) in [5.74, 6) is -0.180. The predicted octanol–water partition coefficient (Wildman–Crippen LogP) is 2.18. The van der Waals surface area contributed by atoms with E-state index in [4.69, 9.17) is 5.73 Å². The number of benzene rings is 1. The third-order valence-electron chi connectivity index (χ3n) is 3.02. The molecule has 0 amide bonds. The molecule has 0 bridgehead atoms. The first-order valence-corrected chi connectivity index (χ1v) is 4.81. The van der Waals surface area contributed by atoms with Crippen molar-refractivity contribution in [3.63, 3.8) is 0 Å². The first kappa shape index (κ1) is 9.46. The van der Waals surface area contributed by atoms with Gasteiger partial charge in [0, 0.05) is 11.1 Å². The Balaban J connectivity index is 2.51. The first-order valence-electron chi connectivity index (χ1n) is 4.81. The summed E-state index contributed by atoms with van der Waals surface area (Å²) in [4.78, 5) is 0. The zero-order chi connectivity index (χ0) is 10.3. The highest BCUT2D eigenvalue weighted by Crippen LogP contribution is 2.41. The van der Waals surface area contributed by atoms with Crippen LogP contribution in [0.1, 0.15) is 30.4 Å². The Kier molecular flexibility index (Phi) is 2.00. The topological polar surface area (TPSA) is 46.2 Å². The smallest absolute Gasteiger partial charge is 0.131 e. The lowest BCUT2D eigenvalue weighted by atomic mass is 9.72. The Morgan fingerprint density at radius 2 is 2.07 bits per heavy atom. The van der Waals surface area contributed by atoms with E-state index in [0.29, 0.717) is 11.1 Å². The molecule has 0 heterocycles. The van der Waals surface area contributed by atoms with Crippen LogP contribution < -0.4 is 5.73 Å². The highest BCUT2D eigenvalue weighted by atomic mass is 19.1. The zero-order valence-electron chi connectivity index (χ0n) is 8.18. The molecule has 1 saturated carbocycles. The minimum absolute atomic E-state index is 0.0932. The number of phenols is 1. The molecule has 0 aromatic heterocycles. The van der Waals surface area contributed by atoms with Crippen LogP contribution in [0.25, 0.3) is 0 Å². The number of rotatable bonds is 1. The average Bonchev–Trinajstić information content (AvgIpc) is 2.07. The van der Waals surface area contributed by atoms with Gasteiger partial charge in [0.2, 0.25) is 0 Å². The van der Waals surface area contributed by atoms with Crippen LogP contribution in [0, 0.1) is 12.7 Å². The van der Waals surface area contributed by atoms with Crippen LogP contribution in [0.3, 0.4) is 0 Å². The van der Waals surface area contributed by atoms with Crippen molar-refractivity contribution in [2.45, 2.75) is 31.7 Å². The molecule has 3 heteroatoms. The summed E-state index contributed by atoms with van der Waals surface area (Å²) in [7, 11) is 0. The summed E-state index contributed by atoms with van der Waals surface area (Å²) in [5, 5.41) is 9.38. The van der Waals surface area contributed by atoms with E-state index in [0.717, 1.165) is 19.3 Å². The molecule has 0 atom stereocenters. The molecule has 0 spiro atoms. The molecule has 1 fully saturated rings. The summed E-state index contributed by atoms with van der Waals surface area (Å²) in [6.45, 7) is 1.64. The number of phenolic OH excluding ortho intramolecular Hbond substituents is 1. The van der Waals surface area contributed by atoms with E-state index < -0.39 is 5.54 Å². The molecule has 0 radical (unpaired) electrons. The van der Waals surface area contributed by atoms with Crippen molar-refractivity contribution in [2.24, 2.45) is 5.73 Å². The van der Waals surface area contributed by atoms with E-state index in [1.807, 2.05) is 0 Å². The molecule has 3 N–H and O–H groups in total. The van der Waals surface area contributed by atoms with Crippen molar-refractivity contribution >= 4 is 0 Å². The van der Waals surface area contributed by atoms with Crippen molar-refractivity contribution in [3.8, 4) is 5.75 Å². The van der Waals surface area contributed by atoms with E-state index in [-0.39, 0.29) is 11.6 Å². The molecule has 14 heavy (non-hydrogen) atoms. The Morgan fingerprint density at radius 3 is 2.57 bits per heavy atom. The van der Waals surface area contributed by atoms with Gasteiger partial charge in [-0.25, -0.2) is 4.39 Å². The highest BCUT2D eigenvalue weighted by Gasteiger charge is 2.37. The van der Waals surface area contributed by atoms with Gasteiger partial charge in [0.25, 0.3) is 0 Å². The largest absolute Gasteiger partial charge is 0.508 e. The van der Waals surface area contributed by atoms with Gasteiger partial charge in [-0.05, 0) is 43.9 Å². The minimum atomic E-state index is -0.548. The summed E-state index contributed by atoms with van der Waals surface area (Å²) < 4.78 is 13.7. The van der Waals surface area contributed by atoms with E-state index in [1.54, 1.807) is 6.92 Å². The molecular formula is C11H14FNO. The summed E-state index contributed by atoms with van der Waals surface area (Å²) in [6, 6.07) is 2.86. The Bertz CT molecular complexity index is 372. The van der Waals surface area contributed by atoms with Gasteiger partial charge in [0.15, 0.2) is 0 Å². The van der Waals surface area contributed by atoms with Crippen molar-refractivity contribution in [1.82, 2.24) is 0 Å². The van der Waals surface area contributed by atoms with Crippen molar-refractivity contribution in [2.75, 3.05) is 0 Å². The van der Waals surface area contributed by atoms with Gasteiger partial charge in [0.05, 0.1) is 0 Å². The minimum Gasteiger partial charge on any atom is -0.508 e. The van der Waals surface area contributed by atoms with Gasteiger partial charge in [-0.15, -0.1) is 0 Å². The second-order valence-corrected chi connectivity index (χ2v) is 4.13. The lowest BCUT2D eigenvalue weighted by Gasteiger charge is -2.39. The van der Waals surface area contributed by atoms with E-state index in [2.05, 4.69) is 0 Å². The van der Waals surface area contributed by atoms with Gasteiger partial charge >= 0.3 is 0 Å². The van der Waals surface area contributed by atoms with Crippen LogP contribution >= 0.6 is 0 Å². The molecular weight excluding hydrogens is 181 g/mol. The maximum Gasteiger partial charge on any atom is 0.131 e. The number of hydrogen-bond acceptors (Lipinski definition) is 2. The van der Waals surface area contributed by atoms with Gasteiger partial charge in [-0.2, -0.15) is 0 Å². The molecule has 2 rings (SSSR count). The molecule has 1 aromatic carbocycles. The predicted molar refractivity (Wildman–Crippen MR) is 52.5 cm³/mol. The number of aryl methyl sites for hydroxylation is 1. The zero-order valence-corrected chi connectivity index (χ0v) is 8.18. The van der Waals surface area contributed by atoms with Crippen LogP contribution in [0.4, 0.5) is 4.39 Å². The molecule has 0 aliphatic heterocycles. The summed E-state index contributed by atoms with van der Waals surface area (Å²) in [5.41, 5.74) is 6.38. The molecule has 2 nitrogen and oxygen atoms in total. The van der Waals surface area contributed by atoms with Gasteiger partial charge < -0.3 is 10.8 Å². The summed E-state index contributed by atoms with van der Waals surface area (Å²) >= 11 is 0. The Labute approximate surface area is 82.5 Å². The third-order valence-corrected chi connectivity index (χ3v) is 3.02. The van der Waals surface area contributed by atoms with Crippen LogP contribution in [0.5, 0.6) is 5.75 Å². The molecule has 1 aliphatic rings. The Morgan fingerprint density at radius 1 is 1.43 bits per heavy atom. The van der Waals surface area contributed by atoms with Crippen molar-refractivity contribution in [1.29, 1.82) is 0 Å². The van der Waals surface area contributed by atoms with Gasteiger partial charge in [-0.3, -0.25) is 0 Å². The van der Waals surface area contributed by atoms with Crippen LogP contribution in [0.15, 0.2) is 12.1 Å².